The molecule has 23 heavy (non-hydrogen) atoms. The van der Waals surface area contributed by atoms with Crippen LogP contribution in [0, 0.1) is 6.92 Å². The molecule has 0 heterocycles. The van der Waals surface area contributed by atoms with E-state index in [4.69, 9.17) is 0 Å². The molecule has 2 N–H and O–H groups in total. The van der Waals surface area contributed by atoms with Crippen molar-refractivity contribution < 1.29 is 9.59 Å². The highest BCUT2D eigenvalue weighted by Crippen LogP contribution is 2.18. The van der Waals surface area contributed by atoms with Gasteiger partial charge in [0, 0.05) is 23.4 Å². The minimum atomic E-state index is -0.183. The Morgan fingerprint density at radius 1 is 0.957 bits per heavy atom. The van der Waals surface area contributed by atoms with Crippen molar-refractivity contribution in [2.75, 3.05) is 11.9 Å². The van der Waals surface area contributed by atoms with Crippen molar-refractivity contribution in [2.45, 2.75) is 26.7 Å². The van der Waals surface area contributed by atoms with E-state index in [9.17, 15) is 9.59 Å². The molecule has 0 aliphatic carbocycles. The smallest absolute Gasteiger partial charge is 0.255 e. The van der Waals surface area contributed by atoms with E-state index in [0.717, 1.165) is 18.4 Å². The highest BCUT2D eigenvalue weighted by Gasteiger charge is 2.11. The Bertz CT molecular complexity index is 681. The molecule has 4 heteroatoms. The predicted octanol–water partition coefficient (Wildman–Crippen LogP) is 3.78. The monoisotopic (exact) mass is 310 g/mol. The summed E-state index contributed by atoms with van der Waals surface area (Å²) < 4.78 is 0. The van der Waals surface area contributed by atoms with Gasteiger partial charge in [0.2, 0.25) is 0 Å². The minimum Gasteiger partial charge on any atom is -0.352 e. The molecule has 0 radical (unpaired) electrons. The van der Waals surface area contributed by atoms with Crippen molar-refractivity contribution in [3.05, 3.63) is 65.2 Å². The van der Waals surface area contributed by atoms with Crippen LogP contribution in [0.5, 0.6) is 0 Å². The van der Waals surface area contributed by atoms with Crippen LogP contribution in [0.4, 0.5) is 5.69 Å². The summed E-state index contributed by atoms with van der Waals surface area (Å²) in [5.74, 6) is -0.300. The summed E-state index contributed by atoms with van der Waals surface area (Å²) in [6, 6.07) is 14.3. The Labute approximate surface area is 136 Å². The Kier molecular flexibility index (Phi) is 5.92. The van der Waals surface area contributed by atoms with E-state index in [1.807, 2.05) is 31.2 Å². The van der Waals surface area contributed by atoms with Gasteiger partial charge in [-0.1, -0.05) is 37.6 Å². The van der Waals surface area contributed by atoms with Crippen LogP contribution in [-0.2, 0) is 0 Å². The molecule has 0 unspecified atom stereocenters. The maximum Gasteiger partial charge on any atom is 0.255 e. The van der Waals surface area contributed by atoms with Gasteiger partial charge in [-0.25, -0.2) is 0 Å². The third-order valence-electron chi connectivity index (χ3n) is 3.60. The first-order valence-corrected chi connectivity index (χ1v) is 7.87. The average molecular weight is 310 g/mol. The third kappa shape index (κ3) is 4.68. The molecule has 2 aromatic carbocycles. The Morgan fingerprint density at radius 2 is 1.70 bits per heavy atom. The summed E-state index contributed by atoms with van der Waals surface area (Å²) in [7, 11) is 0. The van der Waals surface area contributed by atoms with Gasteiger partial charge >= 0.3 is 0 Å². The van der Waals surface area contributed by atoms with Crippen molar-refractivity contribution in [1.82, 2.24) is 5.32 Å². The van der Waals surface area contributed by atoms with Crippen molar-refractivity contribution in [1.29, 1.82) is 0 Å². The third-order valence-corrected chi connectivity index (χ3v) is 3.60. The summed E-state index contributed by atoms with van der Waals surface area (Å²) in [6.07, 6.45) is 1.99. The highest BCUT2D eigenvalue weighted by atomic mass is 16.2. The van der Waals surface area contributed by atoms with Crippen molar-refractivity contribution in [2.24, 2.45) is 0 Å². The molecule has 2 rings (SSSR count). The molecule has 0 aromatic heterocycles. The molecule has 0 spiro atoms. The topological polar surface area (TPSA) is 58.2 Å². The Balaban J connectivity index is 2.11. The van der Waals surface area contributed by atoms with Crippen LogP contribution in [0.1, 0.15) is 46.0 Å². The van der Waals surface area contributed by atoms with Gasteiger partial charge in [-0.15, -0.1) is 0 Å². The number of carbonyl (C=O) groups is 2. The number of unbranched alkanes of at least 4 members (excludes halogenated alkanes) is 1. The fourth-order valence-corrected chi connectivity index (χ4v) is 2.16. The normalized spacial score (nSPS) is 10.2. The maximum absolute atomic E-state index is 12.2. The molecular weight excluding hydrogens is 288 g/mol. The van der Waals surface area contributed by atoms with Gasteiger partial charge in [-0.3, -0.25) is 9.59 Å². The lowest BCUT2D eigenvalue weighted by Gasteiger charge is -2.11. The highest BCUT2D eigenvalue weighted by molar-refractivity contribution is 6.05. The summed E-state index contributed by atoms with van der Waals surface area (Å²) in [5.41, 5.74) is 2.71. The van der Waals surface area contributed by atoms with Gasteiger partial charge in [0.1, 0.15) is 0 Å². The average Bonchev–Trinajstić information content (AvgIpc) is 2.57. The molecule has 0 saturated carbocycles. The van der Waals surface area contributed by atoms with Crippen LogP contribution >= 0.6 is 0 Å². The van der Waals surface area contributed by atoms with Crippen LogP contribution in [0.2, 0.25) is 0 Å². The maximum atomic E-state index is 12.2. The lowest BCUT2D eigenvalue weighted by molar-refractivity contribution is 0.0951. The predicted molar refractivity (Wildman–Crippen MR) is 92.8 cm³/mol. The fraction of sp³-hybridized carbons (Fsp3) is 0.263. The van der Waals surface area contributed by atoms with E-state index in [-0.39, 0.29) is 11.8 Å². The van der Waals surface area contributed by atoms with Gasteiger partial charge in [0.05, 0.1) is 0 Å². The van der Waals surface area contributed by atoms with Gasteiger partial charge in [0.15, 0.2) is 0 Å². The SMILES string of the molecule is CCCCNC(=O)c1ccc(C)c(NC(=O)c2ccccc2)c1. The van der Waals surface area contributed by atoms with E-state index >= 15 is 0 Å². The molecule has 0 atom stereocenters. The first-order valence-electron chi connectivity index (χ1n) is 7.87. The van der Waals surface area contributed by atoms with Crippen LogP contribution in [0.3, 0.4) is 0 Å². The summed E-state index contributed by atoms with van der Waals surface area (Å²) in [4.78, 5) is 24.4. The number of nitrogens with one attached hydrogen (secondary N) is 2. The molecule has 120 valence electrons. The quantitative estimate of drug-likeness (QED) is 0.798. The number of benzene rings is 2. The van der Waals surface area contributed by atoms with Gasteiger partial charge in [-0.05, 0) is 43.2 Å². The second-order valence-electron chi connectivity index (χ2n) is 5.46. The molecular formula is C19H22N2O2. The zero-order chi connectivity index (χ0) is 16.7. The second-order valence-corrected chi connectivity index (χ2v) is 5.46. The zero-order valence-electron chi connectivity index (χ0n) is 13.6. The number of anilines is 1. The lowest BCUT2D eigenvalue weighted by atomic mass is 10.1. The van der Waals surface area contributed by atoms with Crippen molar-refractivity contribution in [3.8, 4) is 0 Å². The first kappa shape index (κ1) is 16.7. The largest absolute Gasteiger partial charge is 0.352 e. The molecule has 0 aliphatic heterocycles. The van der Waals surface area contributed by atoms with Crippen LogP contribution < -0.4 is 10.6 Å². The fourth-order valence-electron chi connectivity index (χ4n) is 2.16. The summed E-state index contributed by atoms with van der Waals surface area (Å²) in [5, 5.41) is 5.75. The number of aryl methyl sites for hydroxylation is 1. The van der Waals surface area contributed by atoms with Crippen molar-refractivity contribution in [3.63, 3.8) is 0 Å². The molecule has 0 aliphatic rings. The van der Waals surface area contributed by atoms with Crippen molar-refractivity contribution >= 4 is 17.5 Å². The van der Waals surface area contributed by atoms with E-state index in [2.05, 4.69) is 17.6 Å². The number of amides is 2. The van der Waals surface area contributed by atoms with Crippen LogP contribution in [0.15, 0.2) is 48.5 Å². The lowest BCUT2D eigenvalue weighted by Crippen LogP contribution is -2.24. The molecule has 0 fully saturated rings. The molecule has 0 bridgehead atoms. The zero-order valence-corrected chi connectivity index (χ0v) is 13.6. The number of hydrogen-bond acceptors (Lipinski definition) is 2. The molecule has 2 amide bonds. The number of carbonyl (C=O) groups excluding carboxylic acids is 2. The number of rotatable bonds is 6. The van der Waals surface area contributed by atoms with Gasteiger partial charge in [-0.2, -0.15) is 0 Å². The summed E-state index contributed by atoms with van der Waals surface area (Å²) in [6.45, 7) is 4.64. The second kappa shape index (κ2) is 8.13. The van der Waals surface area contributed by atoms with E-state index < -0.39 is 0 Å². The summed E-state index contributed by atoms with van der Waals surface area (Å²) >= 11 is 0. The standard InChI is InChI=1S/C19H22N2O2/c1-3-4-12-20-18(22)16-11-10-14(2)17(13-16)21-19(23)15-8-6-5-7-9-15/h5-11,13H,3-4,12H2,1-2H3,(H,20,22)(H,21,23). The van der Waals surface area contributed by atoms with Gasteiger partial charge < -0.3 is 10.6 Å². The Hall–Kier alpha value is -2.62. The van der Waals surface area contributed by atoms with E-state index in [1.54, 1.807) is 24.3 Å². The van der Waals surface area contributed by atoms with Crippen LogP contribution in [0.25, 0.3) is 0 Å². The van der Waals surface area contributed by atoms with Crippen LogP contribution in [-0.4, -0.2) is 18.4 Å². The Morgan fingerprint density at radius 3 is 2.39 bits per heavy atom. The first-order chi connectivity index (χ1) is 11.1. The number of hydrogen-bond donors (Lipinski definition) is 2. The molecule has 4 nitrogen and oxygen atoms in total. The van der Waals surface area contributed by atoms with E-state index in [0.29, 0.717) is 23.4 Å². The molecule has 2 aromatic rings. The minimum absolute atomic E-state index is 0.117. The van der Waals surface area contributed by atoms with E-state index in [1.165, 1.54) is 0 Å². The van der Waals surface area contributed by atoms with Gasteiger partial charge in [0.25, 0.3) is 11.8 Å². The molecule has 0 saturated heterocycles.